The van der Waals surface area contributed by atoms with E-state index in [1.807, 2.05) is 62.6 Å². The maximum Gasteiger partial charge on any atom is 0.253 e. The molecule has 1 amide bonds. The third kappa shape index (κ3) is 4.34. The van der Waals surface area contributed by atoms with Crippen molar-refractivity contribution >= 4 is 5.91 Å². The van der Waals surface area contributed by atoms with Gasteiger partial charge in [0.05, 0.1) is 26.1 Å². The number of nitrogens with zero attached hydrogens (tertiary/aromatic N) is 3. The first kappa shape index (κ1) is 19.5. The molecular weight excluding hydrogens is 354 g/mol. The first-order chi connectivity index (χ1) is 13.5. The van der Waals surface area contributed by atoms with Gasteiger partial charge in [0.2, 0.25) is 0 Å². The summed E-state index contributed by atoms with van der Waals surface area (Å²) in [5.74, 6) is 1.38. The molecule has 0 atom stereocenters. The molecule has 0 saturated carbocycles. The lowest BCUT2D eigenvalue weighted by molar-refractivity contribution is 0.0796. The molecule has 0 radical (unpaired) electrons. The molecule has 0 fully saturated rings. The molecule has 28 heavy (non-hydrogen) atoms. The minimum Gasteiger partial charge on any atom is -0.493 e. The summed E-state index contributed by atoms with van der Waals surface area (Å²) in [6, 6.07) is 13.3. The summed E-state index contributed by atoms with van der Waals surface area (Å²) in [6.45, 7) is 2.60. The molecule has 6 nitrogen and oxygen atoms in total. The van der Waals surface area contributed by atoms with Crippen LogP contribution in [0.3, 0.4) is 0 Å². The minimum atomic E-state index is -0.0105. The zero-order valence-electron chi connectivity index (χ0n) is 16.7. The number of methoxy groups -OCH3 is 2. The second kappa shape index (κ2) is 8.61. The van der Waals surface area contributed by atoms with Crippen molar-refractivity contribution in [2.75, 3.05) is 27.8 Å². The first-order valence-electron chi connectivity index (χ1n) is 9.10. The molecule has 0 unspecified atom stereocenters. The third-order valence-electron chi connectivity index (χ3n) is 4.62. The van der Waals surface area contributed by atoms with Crippen LogP contribution in [0.4, 0.5) is 0 Å². The van der Waals surface area contributed by atoms with Crippen molar-refractivity contribution in [1.82, 2.24) is 14.7 Å². The number of amides is 1. The van der Waals surface area contributed by atoms with Crippen LogP contribution in [-0.4, -0.2) is 48.4 Å². The SMILES string of the molecule is COc1ccc(CCN(C)C(=O)c2ccc(-n3cc(C)cn3)cc2)cc1OC. The summed E-state index contributed by atoms with van der Waals surface area (Å²) < 4.78 is 12.4. The van der Waals surface area contributed by atoms with Gasteiger partial charge in [-0.1, -0.05) is 6.07 Å². The van der Waals surface area contributed by atoms with Gasteiger partial charge in [-0.25, -0.2) is 4.68 Å². The van der Waals surface area contributed by atoms with Crippen molar-refractivity contribution in [2.24, 2.45) is 0 Å². The van der Waals surface area contributed by atoms with E-state index < -0.39 is 0 Å². The van der Waals surface area contributed by atoms with Crippen molar-refractivity contribution < 1.29 is 14.3 Å². The van der Waals surface area contributed by atoms with Gasteiger partial charge in [0.1, 0.15) is 0 Å². The molecule has 0 spiro atoms. The van der Waals surface area contributed by atoms with E-state index in [0.717, 1.165) is 23.2 Å². The van der Waals surface area contributed by atoms with Crippen LogP contribution in [0, 0.1) is 6.92 Å². The van der Waals surface area contributed by atoms with E-state index in [1.54, 1.807) is 30.0 Å². The van der Waals surface area contributed by atoms with Gasteiger partial charge in [0.25, 0.3) is 5.91 Å². The number of hydrogen-bond acceptors (Lipinski definition) is 4. The predicted octanol–water partition coefficient (Wildman–Crippen LogP) is 3.51. The highest BCUT2D eigenvalue weighted by molar-refractivity contribution is 5.94. The number of benzene rings is 2. The van der Waals surface area contributed by atoms with Crippen LogP contribution in [-0.2, 0) is 6.42 Å². The molecule has 1 aromatic heterocycles. The number of carbonyl (C=O) groups is 1. The van der Waals surface area contributed by atoms with Crippen molar-refractivity contribution in [3.63, 3.8) is 0 Å². The highest BCUT2D eigenvalue weighted by atomic mass is 16.5. The molecule has 0 aliphatic carbocycles. The normalized spacial score (nSPS) is 10.6. The average molecular weight is 379 g/mol. The molecular formula is C22H25N3O3. The fourth-order valence-corrected chi connectivity index (χ4v) is 2.97. The van der Waals surface area contributed by atoms with E-state index in [-0.39, 0.29) is 5.91 Å². The van der Waals surface area contributed by atoms with Gasteiger partial charge in [-0.05, 0) is 60.9 Å². The predicted molar refractivity (Wildman–Crippen MR) is 109 cm³/mol. The lowest BCUT2D eigenvalue weighted by atomic mass is 10.1. The van der Waals surface area contributed by atoms with Crippen LogP contribution in [0.25, 0.3) is 5.69 Å². The van der Waals surface area contributed by atoms with Gasteiger partial charge < -0.3 is 14.4 Å². The number of aromatic nitrogens is 2. The molecule has 2 aromatic carbocycles. The second-order valence-electron chi connectivity index (χ2n) is 6.68. The number of likely N-dealkylation sites (N-methyl/N-ethyl adjacent to an activating group) is 1. The molecule has 0 saturated heterocycles. The summed E-state index contributed by atoms with van der Waals surface area (Å²) in [6.07, 6.45) is 4.49. The summed E-state index contributed by atoms with van der Waals surface area (Å²) >= 11 is 0. The molecule has 0 bridgehead atoms. The second-order valence-corrected chi connectivity index (χ2v) is 6.68. The van der Waals surface area contributed by atoms with E-state index in [1.165, 1.54) is 0 Å². The van der Waals surface area contributed by atoms with E-state index in [0.29, 0.717) is 23.6 Å². The Morgan fingerprint density at radius 1 is 1.07 bits per heavy atom. The zero-order chi connectivity index (χ0) is 20.1. The smallest absolute Gasteiger partial charge is 0.253 e. The molecule has 146 valence electrons. The summed E-state index contributed by atoms with van der Waals surface area (Å²) in [7, 11) is 5.04. The van der Waals surface area contributed by atoms with Crippen LogP contribution in [0.15, 0.2) is 54.9 Å². The lowest BCUT2D eigenvalue weighted by Crippen LogP contribution is -2.28. The third-order valence-corrected chi connectivity index (χ3v) is 4.62. The number of hydrogen-bond donors (Lipinski definition) is 0. The van der Waals surface area contributed by atoms with Crippen molar-refractivity contribution in [2.45, 2.75) is 13.3 Å². The highest BCUT2D eigenvalue weighted by Gasteiger charge is 2.13. The van der Waals surface area contributed by atoms with Gasteiger partial charge in [-0.15, -0.1) is 0 Å². The Balaban J connectivity index is 1.63. The van der Waals surface area contributed by atoms with E-state index in [9.17, 15) is 4.79 Å². The fourth-order valence-electron chi connectivity index (χ4n) is 2.97. The van der Waals surface area contributed by atoms with Gasteiger partial charge in [-0.3, -0.25) is 4.79 Å². The Morgan fingerprint density at radius 2 is 1.79 bits per heavy atom. The van der Waals surface area contributed by atoms with Gasteiger partial charge in [0, 0.05) is 25.4 Å². The quantitative estimate of drug-likeness (QED) is 0.630. The van der Waals surface area contributed by atoms with E-state index in [4.69, 9.17) is 9.47 Å². The standard InChI is InChI=1S/C22H25N3O3/c1-16-14-23-25(15-16)19-8-6-18(7-9-19)22(26)24(2)12-11-17-5-10-20(27-3)21(13-17)28-4/h5-10,13-15H,11-12H2,1-4H3. The largest absolute Gasteiger partial charge is 0.493 e. The van der Waals surface area contributed by atoms with Crippen molar-refractivity contribution in [1.29, 1.82) is 0 Å². The molecule has 6 heteroatoms. The molecule has 3 aromatic rings. The van der Waals surface area contributed by atoms with Gasteiger partial charge in [0.15, 0.2) is 11.5 Å². The number of rotatable bonds is 7. The number of aryl methyl sites for hydroxylation is 1. The monoisotopic (exact) mass is 379 g/mol. The Hall–Kier alpha value is -3.28. The Kier molecular flexibility index (Phi) is 5.99. The zero-order valence-corrected chi connectivity index (χ0v) is 16.7. The van der Waals surface area contributed by atoms with Crippen LogP contribution < -0.4 is 9.47 Å². The summed E-state index contributed by atoms with van der Waals surface area (Å²) in [4.78, 5) is 14.4. The summed E-state index contributed by atoms with van der Waals surface area (Å²) in [5.41, 5.74) is 3.76. The van der Waals surface area contributed by atoms with Crippen LogP contribution in [0.2, 0.25) is 0 Å². The Morgan fingerprint density at radius 3 is 2.39 bits per heavy atom. The van der Waals surface area contributed by atoms with Gasteiger partial charge in [-0.2, -0.15) is 5.10 Å². The number of carbonyl (C=O) groups excluding carboxylic acids is 1. The van der Waals surface area contributed by atoms with E-state index >= 15 is 0 Å². The Labute approximate surface area is 165 Å². The Bertz CT molecular complexity index is 948. The molecule has 0 aliphatic rings. The van der Waals surface area contributed by atoms with Crippen molar-refractivity contribution in [3.8, 4) is 17.2 Å². The topological polar surface area (TPSA) is 56.6 Å². The maximum absolute atomic E-state index is 12.7. The van der Waals surface area contributed by atoms with Gasteiger partial charge >= 0.3 is 0 Å². The molecule has 1 heterocycles. The first-order valence-corrected chi connectivity index (χ1v) is 9.10. The highest BCUT2D eigenvalue weighted by Crippen LogP contribution is 2.27. The summed E-state index contributed by atoms with van der Waals surface area (Å²) in [5, 5.41) is 4.29. The van der Waals surface area contributed by atoms with Crippen LogP contribution in [0.1, 0.15) is 21.5 Å². The average Bonchev–Trinajstić information content (AvgIpc) is 3.17. The van der Waals surface area contributed by atoms with Crippen molar-refractivity contribution in [3.05, 3.63) is 71.5 Å². The number of ether oxygens (including phenoxy) is 2. The fraction of sp³-hybridized carbons (Fsp3) is 0.273. The van der Waals surface area contributed by atoms with Crippen LogP contribution in [0.5, 0.6) is 11.5 Å². The molecule has 3 rings (SSSR count). The maximum atomic E-state index is 12.7. The molecule has 0 N–H and O–H groups in total. The lowest BCUT2D eigenvalue weighted by Gasteiger charge is -2.18. The van der Waals surface area contributed by atoms with E-state index in [2.05, 4.69) is 5.10 Å². The van der Waals surface area contributed by atoms with Crippen LogP contribution >= 0.6 is 0 Å². The molecule has 0 aliphatic heterocycles. The minimum absolute atomic E-state index is 0.0105.